The van der Waals surface area contributed by atoms with E-state index in [1.54, 1.807) is 12.1 Å². The molecule has 0 bridgehead atoms. The Labute approximate surface area is 154 Å². The fraction of sp³-hybridized carbons (Fsp3) is 0.381. The van der Waals surface area contributed by atoms with E-state index in [-0.39, 0.29) is 11.7 Å². The van der Waals surface area contributed by atoms with Gasteiger partial charge in [0.05, 0.1) is 0 Å². The number of hydrogen-bond donors (Lipinski definition) is 1. The number of piperazine rings is 1. The van der Waals surface area contributed by atoms with Crippen LogP contribution in [-0.2, 0) is 11.3 Å². The molecule has 138 valence electrons. The van der Waals surface area contributed by atoms with Crippen molar-refractivity contribution in [3.05, 3.63) is 65.5 Å². The Morgan fingerprint density at radius 1 is 1.08 bits per heavy atom. The van der Waals surface area contributed by atoms with E-state index >= 15 is 0 Å². The molecule has 0 radical (unpaired) electrons. The number of amides is 1. The van der Waals surface area contributed by atoms with Crippen LogP contribution >= 0.6 is 0 Å². The molecule has 26 heavy (non-hydrogen) atoms. The van der Waals surface area contributed by atoms with Crippen molar-refractivity contribution in [2.24, 2.45) is 0 Å². The average Bonchev–Trinajstić information content (AvgIpc) is 2.66. The molecule has 1 aliphatic heterocycles. The quantitative estimate of drug-likeness (QED) is 0.810. The van der Waals surface area contributed by atoms with Crippen LogP contribution in [-0.4, -0.2) is 43.5 Å². The summed E-state index contributed by atoms with van der Waals surface area (Å²) in [6.07, 6.45) is 0.516. The van der Waals surface area contributed by atoms with Gasteiger partial charge in [0, 0.05) is 51.4 Å². The Bertz CT molecular complexity index is 724. The van der Waals surface area contributed by atoms with Crippen molar-refractivity contribution in [1.82, 2.24) is 10.2 Å². The van der Waals surface area contributed by atoms with Crippen molar-refractivity contribution in [2.45, 2.75) is 19.9 Å². The number of anilines is 1. The molecule has 1 fully saturated rings. The van der Waals surface area contributed by atoms with Crippen molar-refractivity contribution in [2.75, 3.05) is 37.6 Å². The van der Waals surface area contributed by atoms with Crippen molar-refractivity contribution >= 4 is 11.6 Å². The highest BCUT2D eigenvalue weighted by Gasteiger charge is 2.20. The van der Waals surface area contributed by atoms with E-state index in [1.165, 1.54) is 23.3 Å². The van der Waals surface area contributed by atoms with Crippen molar-refractivity contribution < 1.29 is 9.18 Å². The molecule has 4 nitrogen and oxygen atoms in total. The molecule has 0 atom stereocenters. The zero-order chi connectivity index (χ0) is 18.4. The van der Waals surface area contributed by atoms with Crippen LogP contribution in [0.1, 0.15) is 17.5 Å². The fourth-order valence-corrected chi connectivity index (χ4v) is 3.27. The Balaban J connectivity index is 1.37. The number of carbonyl (C=O) groups excluding carboxylic acids is 1. The van der Waals surface area contributed by atoms with Crippen molar-refractivity contribution in [3.63, 3.8) is 0 Å². The van der Waals surface area contributed by atoms with E-state index in [4.69, 9.17) is 0 Å². The van der Waals surface area contributed by atoms with Crippen LogP contribution in [0, 0.1) is 12.7 Å². The largest absolute Gasteiger partial charge is 0.368 e. The van der Waals surface area contributed by atoms with Gasteiger partial charge in [0.25, 0.3) is 0 Å². The second-order valence-corrected chi connectivity index (χ2v) is 6.76. The SMILES string of the molecule is Cc1cccc(CNCCC(=O)N2CCN(c3ccc(F)cc3)CC2)c1. The molecule has 1 heterocycles. The third-order valence-corrected chi connectivity index (χ3v) is 4.75. The number of nitrogens with one attached hydrogen (secondary N) is 1. The Morgan fingerprint density at radius 2 is 1.81 bits per heavy atom. The standard InChI is InChI=1S/C21H26FN3O/c1-17-3-2-4-18(15-17)16-23-10-9-21(26)25-13-11-24(12-14-25)20-7-5-19(22)6-8-20/h2-8,15,23H,9-14,16H2,1H3. The first-order valence-electron chi connectivity index (χ1n) is 9.16. The maximum Gasteiger partial charge on any atom is 0.223 e. The summed E-state index contributed by atoms with van der Waals surface area (Å²) in [6, 6.07) is 14.9. The zero-order valence-electron chi connectivity index (χ0n) is 15.2. The van der Waals surface area contributed by atoms with Gasteiger partial charge in [0.15, 0.2) is 0 Å². The highest BCUT2D eigenvalue weighted by molar-refractivity contribution is 5.76. The number of hydrogen-bond acceptors (Lipinski definition) is 3. The lowest BCUT2D eigenvalue weighted by Gasteiger charge is -2.36. The van der Waals surface area contributed by atoms with Gasteiger partial charge in [0.1, 0.15) is 5.82 Å². The van der Waals surface area contributed by atoms with Crippen LogP contribution in [0.25, 0.3) is 0 Å². The first kappa shape index (κ1) is 18.4. The third-order valence-electron chi connectivity index (χ3n) is 4.75. The first-order valence-corrected chi connectivity index (χ1v) is 9.16. The topological polar surface area (TPSA) is 35.6 Å². The van der Waals surface area contributed by atoms with Gasteiger partial charge < -0.3 is 15.1 Å². The van der Waals surface area contributed by atoms with E-state index < -0.39 is 0 Å². The summed E-state index contributed by atoms with van der Waals surface area (Å²) in [4.78, 5) is 16.5. The van der Waals surface area contributed by atoms with Crippen LogP contribution in [0.4, 0.5) is 10.1 Å². The summed E-state index contributed by atoms with van der Waals surface area (Å²) in [5, 5.41) is 3.35. The molecule has 0 spiro atoms. The molecular formula is C21H26FN3O. The first-order chi connectivity index (χ1) is 12.6. The molecule has 0 aromatic heterocycles. The van der Waals surface area contributed by atoms with E-state index in [2.05, 4.69) is 41.4 Å². The van der Waals surface area contributed by atoms with Crippen LogP contribution < -0.4 is 10.2 Å². The lowest BCUT2D eigenvalue weighted by molar-refractivity contribution is -0.131. The predicted molar refractivity (Wildman–Crippen MR) is 103 cm³/mol. The van der Waals surface area contributed by atoms with Crippen LogP contribution in [0.2, 0.25) is 0 Å². The Hall–Kier alpha value is -2.40. The van der Waals surface area contributed by atoms with E-state index in [1.807, 2.05) is 4.90 Å². The summed E-state index contributed by atoms with van der Waals surface area (Å²) >= 11 is 0. The summed E-state index contributed by atoms with van der Waals surface area (Å²) in [5.74, 6) is -0.0266. The number of nitrogens with zero attached hydrogens (tertiary/aromatic N) is 2. The Kier molecular flexibility index (Phi) is 6.23. The zero-order valence-corrected chi connectivity index (χ0v) is 15.2. The summed E-state index contributed by atoms with van der Waals surface area (Å²) in [6.45, 7) is 6.56. The maximum atomic E-state index is 13.0. The van der Waals surface area contributed by atoms with Crippen molar-refractivity contribution in [3.8, 4) is 0 Å². The highest BCUT2D eigenvalue weighted by atomic mass is 19.1. The molecule has 0 aliphatic carbocycles. The molecule has 1 N–H and O–H groups in total. The molecule has 3 rings (SSSR count). The van der Waals surface area contributed by atoms with Gasteiger partial charge in [-0.15, -0.1) is 0 Å². The molecular weight excluding hydrogens is 329 g/mol. The minimum atomic E-state index is -0.222. The monoisotopic (exact) mass is 355 g/mol. The van der Waals surface area contributed by atoms with Crippen LogP contribution in [0.15, 0.2) is 48.5 Å². The molecule has 0 saturated carbocycles. The average molecular weight is 355 g/mol. The fourth-order valence-electron chi connectivity index (χ4n) is 3.27. The number of halogens is 1. The normalized spacial score (nSPS) is 14.5. The van der Waals surface area contributed by atoms with E-state index in [0.29, 0.717) is 26.1 Å². The second kappa shape index (κ2) is 8.81. The van der Waals surface area contributed by atoms with Crippen LogP contribution in [0.5, 0.6) is 0 Å². The van der Waals surface area contributed by atoms with Gasteiger partial charge in [-0.1, -0.05) is 29.8 Å². The number of carbonyl (C=O) groups is 1. The number of rotatable bonds is 6. The number of aryl methyl sites for hydroxylation is 1. The van der Waals surface area contributed by atoms with Gasteiger partial charge in [-0.2, -0.15) is 0 Å². The highest BCUT2D eigenvalue weighted by Crippen LogP contribution is 2.17. The minimum Gasteiger partial charge on any atom is -0.368 e. The molecule has 1 aliphatic rings. The van der Waals surface area contributed by atoms with Crippen LogP contribution in [0.3, 0.4) is 0 Å². The third kappa shape index (κ3) is 5.05. The molecule has 2 aromatic rings. The van der Waals surface area contributed by atoms with Gasteiger partial charge >= 0.3 is 0 Å². The number of benzene rings is 2. The summed E-state index contributed by atoms with van der Waals surface area (Å²) in [7, 11) is 0. The molecule has 1 saturated heterocycles. The molecule has 2 aromatic carbocycles. The lowest BCUT2D eigenvalue weighted by Crippen LogP contribution is -2.49. The minimum absolute atomic E-state index is 0.195. The van der Waals surface area contributed by atoms with E-state index in [9.17, 15) is 9.18 Å². The molecule has 1 amide bonds. The van der Waals surface area contributed by atoms with E-state index in [0.717, 1.165) is 25.3 Å². The summed E-state index contributed by atoms with van der Waals surface area (Å²) in [5.41, 5.74) is 3.50. The van der Waals surface area contributed by atoms with Gasteiger partial charge in [-0.05, 0) is 36.8 Å². The maximum absolute atomic E-state index is 13.0. The Morgan fingerprint density at radius 3 is 2.50 bits per heavy atom. The van der Waals surface area contributed by atoms with Crippen molar-refractivity contribution in [1.29, 1.82) is 0 Å². The van der Waals surface area contributed by atoms with Gasteiger partial charge in [-0.3, -0.25) is 4.79 Å². The predicted octanol–water partition coefficient (Wildman–Crippen LogP) is 2.96. The lowest BCUT2D eigenvalue weighted by atomic mass is 10.1. The second-order valence-electron chi connectivity index (χ2n) is 6.76. The smallest absolute Gasteiger partial charge is 0.223 e. The molecule has 5 heteroatoms. The molecule has 0 unspecified atom stereocenters. The summed E-state index contributed by atoms with van der Waals surface area (Å²) < 4.78 is 13.0. The van der Waals surface area contributed by atoms with Gasteiger partial charge in [0.2, 0.25) is 5.91 Å². The van der Waals surface area contributed by atoms with Gasteiger partial charge in [-0.25, -0.2) is 4.39 Å².